The highest BCUT2D eigenvalue weighted by atomic mass is 32.1. The number of aromatic nitrogens is 1. The number of likely N-dealkylation sites (tertiary alicyclic amines) is 1. The molecule has 150 valence electrons. The van der Waals surface area contributed by atoms with Crippen LogP contribution in [0.3, 0.4) is 0 Å². The van der Waals surface area contributed by atoms with E-state index in [4.69, 9.17) is 0 Å². The molecule has 0 aliphatic carbocycles. The molecule has 0 bridgehead atoms. The van der Waals surface area contributed by atoms with Crippen molar-refractivity contribution in [1.29, 1.82) is 0 Å². The van der Waals surface area contributed by atoms with Crippen molar-refractivity contribution >= 4 is 46.5 Å². The molecule has 2 aromatic rings. The van der Waals surface area contributed by atoms with Crippen molar-refractivity contribution in [3.05, 3.63) is 41.9 Å². The number of carbonyl (C=O) groups is 2. The second kappa shape index (κ2) is 8.57. The van der Waals surface area contributed by atoms with Gasteiger partial charge in [0.25, 0.3) is 5.56 Å². The fourth-order valence-electron chi connectivity index (χ4n) is 3.00. The molecule has 2 aromatic heterocycles. The highest BCUT2D eigenvalue weighted by Crippen LogP contribution is 2.15. The maximum atomic E-state index is 13.0. The molecule has 1 aliphatic rings. The van der Waals surface area contributed by atoms with Crippen molar-refractivity contribution in [2.45, 2.75) is 46.6 Å². The maximum Gasteiger partial charge on any atom is 0.269 e. The smallest absolute Gasteiger partial charge is 0.269 e. The van der Waals surface area contributed by atoms with Crippen LogP contribution in [-0.4, -0.2) is 34.2 Å². The Morgan fingerprint density at radius 2 is 1.89 bits per heavy atom. The van der Waals surface area contributed by atoms with E-state index in [0.29, 0.717) is 9.20 Å². The third-order valence-electron chi connectivity index (χ3n) is 4.75. The summed E-state index contributed by atoms with van der Waals surface area (Å²) in [4.78, 5) is 41.1. The molecular weight excluding hydrogens is 392 g/mol. The zero-order valence-electron chi connectivity index (χ0n) is 16.6. The largest absolute Gasteiger partial charge is 0.341 e. The lowest BCUT2D eigenvalue weighted by Crippen LogP contribution is -2.42. The van der Waals surface area contributed by atoms with Crippen molar-refractivity contribution in [2.24, 2.45) is 5.41 Å². The van der Waals surface area contributed by atoms with E-state index in [9.17, 15) is 14.4 Å². The van der Waals surface area contributed by atoms with Crippen molar-refractivity contribution in [1.82, 2.24) is 9.47 Å². The number of Topliss-reactive ketones (excluding diaryl/α,β-unsaturated/α-hetero) is 1. The molecule has 3 heterocycles. The van der Waals surface area contributed by atoms with Crippen molar-refractivity contribution in [2.75, 3.05) is 13.1 Å². The summed E-state index contributed by atoms with van der Waals surface area (Å²) in [7, 11) is 0. The number of amides is 1. The van der Waals surface area contributed by atoms with Crippen LogP contribution in [-0.2, 0) is 16.1 Å². The average Bonchev–Trinajstić information content (AvgIpc) is 3.26. The molecule has 1 fully saturated rings. The van der Waals surface area contributed by atoms with E-state index < -0.39 is 5.41 Å². The Bertz CT molecular complexity index is 1020. The zero-order chi connectivity index (χ0) is 20.3. The molecule has 0 atom stereocenters. The minimum atomic E-state index is -0.542. The quantitative estimate of drug-likeness (QED) is 0.765. The lowest BCUT2D eigenvalue weighted by molar-refractivity contribution is -0.132. The Hall–Kier alpha value is -1.99. The Balaban J connectivity index is 2.04. The second-order valence-electron chi connectivity index (χ2n) is 8.06. The van der Waals surface area contributed by atoms with Crippen LogP contribution >= 0.6 is 22.7 Å². The Labute approximate surface area is 172 Å². The lowest BCUT2D eigenvalue weighted by atomic mass is 9.91. The van der Waals surface area contributed by atoms with Crippen molar-refractivity contribution in [3.8, 4) is 0 Å². The molecule has 1 saturated heterocycles. The summed E-state index contributed by atoms with van der Waals surface area (Å²) in [5, 5.41) is 1.95. The van der Waals surface area contributed by atoms with Crippen LogP contribution in [0.15, 0.2) is 22.3 Å². The fraction of sp³-hybridized carbons (Fsp3) is 0.476. The van der Waals surface area contributed by atoms with Crippen LogP contribution in [0.2, 0.25) is 0 Å². The highest BCUT2D eigenvalue weighted by molar-refractivity contribution is 7.11. The van der Waals surface area contributed by atoms with Gasteiger partial charge in [-0.15, -0.1) is 22.7 Å². The van der Waals surface area contributed by atoms with Crippen molar-refractivity contribution < 1.29 is 9.59 Å². The van der Waals surface area contributed by atoms with Crippen LogP contribution < -0.4 is 14.8 Å². The third kappa shape index (κ3) is 4.89. The first kappa shape index (κ1) is 20.7. The first-order chi connectivity index (χ1) is 13.3. The predicted molar refractivity (Wildman–Crippen MR) is 115 cm³/mol. The van der Waals surface area contributed by atoms with E-state index in [1.807, 2.05) is 49.3 Å². The number of hydrogen-bond acceptors (Lipinski definition) is 5. The summed E-state index contributed by atoms with van der Waals surface area (Å²) in [5.74, 6) is -0.115. The molecule has 5 nitrogen and oxygen atoms in total. The topological polar surface area (TPSA) is 59.4 Å². The van der Waals surface area contributed by atoms with E-state index in [-0.39, 0.29) is 23.8 Å². The molecule has 0 unspecified atom stereocenters. The van der Waals surface area contributed by atoms with Gasteiger partial charge in [-0.3, -0.25) is 19.0 Å². The average molecular weight is 419 g/mol. The predicted octanol–water partition coefficient (Wildman–Crippen LogP) is 2.21. The van der Waals surface area contributed by atoms with Gasteiger partial charge >= 0.3 is 0 Å². The van der Waals surface area contributed by atoms with Crippen LogP contribution in [0.4, 0.5) is 0 Å². The lowest BCUT2D eigenvalue weighted by Gasteiger charge is -2.26. The summed E-state index contributed by atoms with van der Waals surface area (Å²) in [6, 6.07) is 3.87. The number of thiophene rings is 1. The Morgan fingerprint density at radius 3 is 2.50 bits per heavy atom. The Morgan fingerprint density at radius 1 is 1.18 bits per heavy atom. The highest BCUT2D eigenvalue weighted by Gasteiger charge is 2.21. The number of nitrogens with zero attached hydrogens (tertiary/aromatic N) is 2. The summed E-state index contributed by atoms with van der Waals surface area (Å²) in [6.07, 6.45) is 6.49. The summed E-state index contributed by atoms with van der Waals surface area (Å²) in [5.41, 5.74) is -0.754. The van der Waals surface area contributed by atoms with E-state index >= 15 is 0 Å². The minimum absolute atomic E-state index is 0.0170. The number of carbonyl (C=O) groups excluding carboxylic acids is 2. The molecule has 0 aromatic carbocycles. The van der Waals surface area contributed by atoms with Gasteiger partial charge in [-0.2, -0.15) is 0 Å². The van der Waals surface area contributed by atoms with Crippen LogP contribution in [0.25, 0.3) is 12.2 Å². The van der Waals surface area contributed by atoms with Gasteiger partial charge in [0.2, 0.25) is 5.91 Å². The molecule has 0 saturated carbocycles. The van der Waals surface area contributed by atoms with Gasteiger partial charge in [0, 0.05) is 29.5 Å². The molecule has 7 heteroatoms. The van der Waals surface area contributed by atoms with E-state index in [0.717, 1.165) is 37.2 Å². The van der Waals surface area contributed by atoms with Gasteiger partial charge in [-0.1, -0.05) is 26.8 Å². The van der Waals surface area contributed by atoms with Gasteiger partial charge in [-0.05, 0) is 36.8 Å². The second-order valence-corrected chi connectivity index (χ2v) is 10.1. The number of thiazole rings is 1. The first-order valence-corrected chi connectivity index (χ1v) is 11.2. The van der Waals surface area contributed by atoms with E-state index in [2.05, 4.69) is 0 Å². The SMILES string of the molecule is CC(C)(C)C(=O)/C=c1\s/c(=C\c2cccs2)c(=O)n1CC(=O)N1CCCCC1. The molecule has 0 N–H and O–H groups in total. The molecule has 1 amide bonds. The van der Waals surface area contributed by atoms with Gasteiger partial charge < -0.3 is 4.90 Å². The van der Waals surface area contributed by atoms with E-state index in [1.165, 1.54) is 22.0 Å². The Kier molecular flexibility index (Phi) is 6.35. The summed E-state index contributed by atoms with van der Waals surface area (Å²) < 4.78 is 2.55. The third-order valence-corrected chi connectivity index (χ3v) is 6.63. The van der Waals surface area contributed by atoms with Crippen LogP contribution in [0.1, 0.15) is 44.9 Å². The zero-order valence-corrected chi connectivity index (χ0v) is 18.2. The monoisotopic (exact) mass is 418 g/mol. The molecule has 0 radical (unpaired) electrons. The number of piperidine rings is 1. The summed E-state index contributed by atoms with van der Waals surface area (Å²) >= 11 is 2.82. The van der Waals surface area contributed by atoms with Gasteiger partial charge in [0.15, 0.2) is 5.78 Å². The number of ketones is 1. The van der Waals surface area contributed by atoms with Gasteiger partial charge in [0.05, 0.1) is 4.53 Å². The minimum Gasteiger partial charge on any atom is -0.341 e. The molecule has 0 spiro atoms. The van der Waals surface area contributed by atoms with Gasteiger partial charge in [0.1, 0.15) is 11.2 Å². The van der Waals surface area contributed by atoms with Gasteiger partial charge in [-0.25, -0.2) is 0 Å². The number of hydrogen-bond donors (Lipinski definition) is 0. The fourth-order valence-corrected chi connectivity index (χ4v) is 4.77. The standard InChI is InChI=1S/C21H26N2O3S2/c1-21(2,3)17(24)13-19-23(14-18(25)22-9-5-4-6-10-22)20(26)16(28-19)12-15-8-7-11-27-15/h7-8,11-13H,4-6,9-10,14H2,1-3H3/b16-12-,19-13-. The van der Waals surface area contributed by atoms with Crippen LogP contribution in [0.5, 0.6) is 0 Å². The molecule has 3 rings (SSSR count). The summed E-state index contributed by atoms with van der Waals surface area (Å²) in [6.45, 7) is 7.01. The molecule has 28 heavy (non-hydrogen) atoms. The number of rotatable bonds is 4. The molecular formula is C21H26N2O3S2. The van der Waals surface area contributed by atoms with E-state index in [1.54, 1.807) is 11.3 Å². The molecule has 1 aliphatic heterocycles. The van der Waals surface area contributed by atoms with Crippen molar-refractivity contribution in [3.63, 3.8) is 0 Å². The normalized spacial score (nSPS) is 16.6. The maximum absolute atomic E-state index is 13.0. The van der Waals surface area contributed by atoms with Crippen LogP contribution in [0, 0.1) is 5.41 Å². The first-order valence-electron chi connectivity index (χ1n) is 9.54.